The highest BCUT2D eigenvalue weighted by Crippen LogP contribution is 2.21. The van der Waals surface area contributed by atoms with Crippen molar-refractivity contribution in [3.05, 3.63) is 71.9 Å². The topological polar surface area (TPSA) is 47.2 Å². The number of nitrogens with zero attached hydrogens (tertiary/aromatic N) is 1. The Bertz CT molecular complexity index is 844. The molecule has 0 bridgehead atoms. The van der Waals surface area contributed by atoms with E-state index in [0.717, 1.165) is 11.1 Å². The van der Waals surface area contributed by atoms with Crippen LogP contribution < -0.4 is 5.32 Å². The van der Waals surface area contributed by atoms with E-state index in [4.69, 9.17) is 4.42 Å². The van der Waals surface area contributed by atoms with E-state index in [0.29, 0.717) is 24.4 Å². The Labute approximate surface area is 133 Å². The number of fused-ring (bicyclic) bond motifs is 1. The van der Waals surface area contributed by atoms with Gasteiger partial charge in [-0.15, -0.1) is 0 Å². The van der Waals surface area contributed by atoms with Crippen molar-refractivity contribution in [2.45, 2.75) is 20.0 Å². The van der Waals surface area contributed by atoms with Gasteiger partial charge in [0.1, 0.15) is 11.5 Å². The van der Waals surface area contributed by atoms with Crippen molar-refractivity contribution in [3.63, 3.8) is 0 Å². The first-order chi connectivity index (χ1) is 11.2. The number of nitrogens with one attached hydrogen (secondary N) is 1. The minimum atomic E-state index is -0.291. The Kier molecular flexibility index (Phi) is 4.28. The van der Waals surface area contributed by atoms with E-state index in [2.05, 4.69) is 5.32 Å². The molecule has 1 N–H and O–H groups in total. The maximum atomic E-state index is 12.9. The molecule has 0 saturated carbocycles. The first-order valence-electron chi connectivity index (χ1n) is 7.39. The number of amides is 1. The van der Waals surface area contributed by atoms with Crippen LogP contribution in [0.15, 0.2) is 59.2 Å². The molecular weight excluding hydrogens is 295 g/mol. The van der Waals surface area contributed by atoms with Crippen molar-refractivity contribution >= 4 is 17.0 Å². The zero-order valence-corrected chi connectivity index (χ0v) is 12.8. The van der Waals surface area contributed by atoms with Gasteiger partial charge in [-0.05, 0) is 24.6 Å². The molecule has 0 aliphatic rings. The van der Waals surface area contributed by atoms with E-state index in [1.807, 2.05) is 29.7 Å². The Morgan fingerprint density at radius 1 is 1.30 bits per heavy atom. The summed E-state index contributed by atoms with van der Waals surface area (Å²) in [5, 5.41) is 2.85. The van der Waals surface area contributed by atoms with Crippen LogP contribution in [0.3, 0.4) is 0 Å². The molecular formula is C18H17FN2O2. The van der Waals surface area contributed by atoms with E-state index in [1.165, 1.54) is 12.1 Å². The number of allylic oxidation sites excluding steroid dienone is 2. The van der Waals surface area contributed by atoms with Gasteiger partial charge in [0.25, 0.3) is 5.91 Å². The molecule has 0 radical (unpaired) electrons. The summed E-state index contributed by atoms with van der Waals surface area (Å²) in [6.07, 6.45) is 5.52. The summed E-state index contributed by atoms with van der Waals surface area (Å²) in [4.78, 5) is 12.5. The fourth-order valence-electron chi connectivity index (χ4n) is 2.45. The molecule has 0 aliphatic carbocycles. The first-order valence-corrected chi connectivity index (χ1v) is 7.39. The molecule has 4 nitrogen and oxygen atoms in total. The highest BCUT2D eigenvalue weighted by molar-refractivity contribution is 5.97. The van der Waals surface area contributed by atoms with Crippen LogP contribution in [-0.4, -0.2) is 10.5 Å². The van der Waals surface area contributed by atoms with Gasteiger partial charge in [0.2, 0.25) is 0 Å². The van der Waals surface area contributed by atoms with Gasteiger partial charge < -0.3 is 14.3 Å². The standard InChI is InChI=1S/C18H17FN2O2/c1-2-3-9-21-15-8-10-23-17(15)11-16(21)18(22)20-12-13-4-6-14(19)7-5-13/h2-8,10-11H,9,12H2,1H3,(H,20,22)/b3-2-. The van der Waals surface area contributed by atoms with E-state index in [-0.39, 0.29) is 11.7 Å². The lowest BCUT2D eigenvalue weighted by Gasteiger charge is -2.09. The highest BCUT2D eigenvalue weighted by atomic mass is 19.1. The second-order valence-electron chi connectivity index (χ2n) is 5.19. The molecule has 2 heterocycles. The molecule has 5 heteroatoms. The van der Waals surface area contributed by atoms with Crippen LogP contribution in [0.25, 0.3) is 11.1 Å². The maximum Gasteiger partial charge on any atom is 0.268 e. The van der Waals surface area contributed by atoms with E-state index < -0.39 is 0 Å². The number of hydrogen-bond acceptors (Lipinski definition) is 2. The van der Waals surface area contributed by atoms with Gasteiger partial charge in [0.15, 0.2) is 5.58 Å². The monoisotopic (exact) mass is 312 g/mol. The largest absolute Gasteiger partial charge is 0.463 e. The summed E-state index contributed by atoms with van der Waals surface area (Å²) in [7, 11) is 0. The van der Waals surface area contributed by atoms with Crippen molar-refractivity contribution in [3.8, 4) is 0 Å². The fraction of sp³-hybridized carbons (Fsp3) is 0.167. The zero-order chi connectivity index (χ0) is 16.2. The number of carbonyl (C=O) groups excluding carboxylic acids is 1. The Morgan fingerprint density at radius 3 is 2.83 bits per heavy atom. The second kappa shape index (κ2) is 6.52. The van der Waals surface area contributed by atoms with Crippen molar-refractivity contribution in [1.82, 2.24) is 9.88 Å². The molecule has 3 aromatic rings. The molecule has 2 aromatic heterocycles. The molecule has 118 valence electrons. The van der Waals surface area contributed by atoms with Gasteiger partial charge in [-0.25, -0.2) is 4.39 Å². The van der Waals surface area contributed by atoms with E-state index in [9.17, 15) is 9.18 Å². The van der Waals surface area contributed by atoms with Crippen LogP contribution >= 0.6 is 0 Å². The minimum absolute atomic E-state index is 0.190. The average Bonchev–Trinajstić information content (AvgIpc) is 3.13. The van der Waals surface area contributed by atoms with E-state index >= 15 is 0 Å². The Balaban J connectivity index is 1.79. The molecule has 0 aliphatic heterocycles. The normalized spacial score (nSPS) is 11.4. The lowest BCUT2D eigenvalue weighted by Crippen LogP contribution is -2.25. The quantitative estimate of drug-likeness (QED) is 0.727. The number of hydrogen-bond donors (Lipinski definition) is 1. The fourth-order valence-corrected chi connectivity index (χ4v) is 2.45. The van der Waals surface area contributed by atoms with Gasteiger partial charge in [-0.2, -0.15) is 0 Å². The van der Waals surface area contributed by atoms with Gasteiger partial charge in [-0.1, -0.05) is 24.3 Å². The summed E-state index contributed by atoms with van der Waals surface area (Å²) in [5.74, 6) is -0.481. The third-order valence-corrected chi connectivity index (χ3v) is 3.65. The van der Waals surface area contributed by atoms with Gasteiger partial charge in [-0.3, -0.25) is 4.79 Å². The van der Waals surface area contributed by atoms with Crippen LogP contribution in [0.2, 0.25) is 0 Å². The van der Waals surface area contributed by atoms with Crippen LogP contribution in [0.4, 0.5) is 4.39 Å². The molecule has 23 heavy (non-hydrogen) atoms. The molecule has 0 unspecified atom stereocenters. The summed E-state index contributed by atoms with van der Waals surface area (Å²) < 4.78 is 20.2. The predicted molar refractivity (Wildman–Crippen MR) is 86.6 cm³/mol. The number of aromatic nitrogens is 1. The lowest BCUT2D eigenvalue weighted by molar-refractivity contribution is 0.0942. The summed E-state index contributed by atoms with van der Waals surface area (Å²) in [6.45, 7) is 2.87. The predicted octanol–water partition coefficient (Wildman–Crippen LogP) is 3.88. The van der Waals surface area contributed by atoms with Crippen LogP contribution in [-0.2, 0) is 13.1 Å². The van der Waals surface area contributed by atoms with Crippen molar-refractivity contribution in [2.24, 2.45) is 0 Å². The maximum absolute atomic E-state index is 12.9. The molecule has 1 amide bonds. The number of carbonyl (C=O) groups is 1. The molecule has 0 saturated heterocycles. The van der Waals surface area contributed by atoms with Gasteiger partial charge in [0, 0.05) is 25.2 Å². The Morgan fingerprint density at radius 2 is 2.09 bits per heavy atom. The number of halogens is 1. The van der Waals surface area contributed by atoms with Crippen LogP contribution in [0, 0.1) is 5.82 Å². The summed E-state index contributed by atoms with van der Waals surface area (Å²) >= 11 is 0. The third kappa shape index (κ3) is 3.18. The molecule has 1 aromatic carbocycles. The minimum Gasteiger partial charge on any atom is -0.463 e. The number of benzene rings is 1. The number of furan rings is 1. The molecule has 0 spiro atoms. The summed E-state index contributed by atoms with van der Waals surface area (Å²) in [6, 6.07) is 9.64. The van der Waals surface area contributed by atoms with Crippen molar-refractivity contribution < 1.29 is 13.6 Å². The van der Waals surface area contributed by atoms with Gasteiger partial charge >= 0.3 is 0 Å². The molecule has 0 fully saturated rings. The SMILES string of the molecule is C/C=C\Cn1c(C(=O)NCc2ccc(F)cc2)cc2occc21. The zero-order valence-electron chi connectivity index (χ0n) is 12.8. The molecule has 3 rings (SSSR count). The second-order valence-corrected chi connectivity index (χ2v) is 5.19. The number of rotatable bonds is 5. The van der Waals surface area contributed by atoms with Crippen molar-refractivity contribution in [2.75, 3.05) is 0 Å². The van der Waals surface area contributed by atoms with Gasteiger partial charge in [0.05, 0.1) is 11.8 Å². The van der Waals surface area contributed by atoms with E-state index in [1.54, 1.807) is 24.5 Å². The summed E-state index contributed by atoms with van der Waals surface area (Å²) in [5.41, 5.74) is 2.95. The first kappa shape index (κ1) is 15.1. The highest BCUT2D eigenvalue weighted by Gasteiger charge is 2.16. The van der Waals surface area contributed by atoms with Crippen LogP contribution in [0.5, 0.6) is 0 Å². The molecule has 0 atom stereocenters. The lowest BCUT2D eigenvalue weighted by atomic mass is 10.2. The Hall–Kier alpha value is -2.82. The smallest absolute Gasteiger partial charge is 0.268 e. The third-order valence-electron chi connectivity index (χ3n) is 3.65. The average molecular weight is 312 g/mol. The van der Waals surface area contributed by atoms with Crippen LogP contribution in [0.1, 0.15) is 23.0 Å². The van der Waals surface area contributed by atoms with Crippen molar-refractivity contribution in [1.29, 1.82) is 0 Å².